The number of nitrogens with one attached hydrogen (secondary N) is 1. The zero-order valence-electron chi connectivity index (χ0n) is 16.8. The van der Waals surface area contributed by atoms with E-state index >= 15 is 0 Å². The number of pyridine rings is 1. The highest BCUT2D eigenvalue weighted by Gasteiger charge is 2.49. The van der Waals surface area contributed by atoms with Crippen LogP contribution in [0.2, 0.25) is 0 Å². The fourth-order valence-electron chi connectivity index (χ4n) is 3.72. The van der Waals surface area contributed by atoms with Crippen molar-refractivity contribution in [3.05, 3.63) is 65.7 Å². The summed E-state index contributed by atoms with van der Waals surface area (Å²) in [6.07, 6.45) is 3.69. The summed E-state index contributed by atoms with van der Waals surface area (Å²) in [5.41, 5.74) is 1.16. The molecule has 2 aromatic heterocycles. The minimum atomic E-state index is -1.33. The first-order valence-electron chi connectivity index (χ1n) is 9.67. The molecular weight excluding hydrogens is 387 g/mol. The molecule has 156 valence electrons. The third-order valence-corrected chi connectivity index (χ3v) is 5.41. The number of nitrogens with zero attached hydrogens (tertiary/aromatic N) is 3. The number of rotatable bonds is 6. The van der Waals surface area contributed by atoms with Crippen LogP contribution < -0.4 is 4.74 Å². The number of hydrogen-bond donors (Lipinski definition) is 2. The number of aromatic amines is 1. The third kappa shape index (κ3) is 3.91. The lowest BCUT2D eigenvalue weighted by molar-refractivity contribution is -0.151. The average Bonchev–Trinajstić information content (AvgIpc) is 3.25. The van der Waals surface area contributed by atoms with Crippen molar-refractivity contribution in [3.63, 3.8) is 0 Å². The fraction of sp³-hybridized carbons (Fsp3) is 0.318. The summed E-state index contributed by atoms with van der Waals surface area (Å²) in [7, 11) is 3.35. The van der Waals surface area contributed by atoms with Gasteiger partial charge in [-0.25, -0.2) is 4.39 Å². The minimum Gasteiger partial charge on any atom is -0.487 e. The minimum absolute atomic E-state index is 0.0503. The molecule has 0 aliphatic heterocycles. The Bertz CT molecular complexity index is 1030. The predicted molar refractivity (Wildman–Crippen MR) is 108 cm³/mol. The summed E-state index contributed by atoms with van der Waals surface area (Å²) in [6.45, 7) is 0.203. The van der Waals surface area contributed by atoms with Crippen molar-refractivity contribution in [1.82, 2.24) is 20.1 Å². The largest absolute Gasteiger partial charge is 0.487 e. The first kappa shape index (κ1) is 20.0. The van der Waals surface area contributed by atoms with Gasteiger partial charge in [-0.3, -0.25) is 14.9 Å². The molecule has 8 heteroatoms. The number of aromatic nitrogens is 3. The van der Waals surface area contributed by atoms with Crippen LogP contribution in [0.5, 0.6) is 5.75 Å². The molecule has 0 unspecified atom stereocenters. The maximum Gasteiger partial charge on any atom is 0.225 e. The summed E-state index contributed by atoms with van der Waals surface area (Å²) < 4.78 is 20.2. The van der Waals surface area contributed by atoms with E-state index in [1.807, 2.05) is 12.1 Å². The standard InChI is InChI=1S/C22H23FN4O3/c1-27(2)21(28)15-10-22(29,11-15)17-9-14(3-5-18(17)23)13-30-16-4-6-19(24-12-16)20-7-8-25-26-20/h3-9,12,15,29H,10-11,13H2,1-2H3,(H,25,26). The van der Waals surface area contributed by atoms with Gasteiger partial charge in [0, 0.05) is 31.8 Å². The van der Waals surface area contributed by atoms with Gasteiger partial charge in [-0.05, 0) is 48.7 Å². The summed E-state index contributed by atoms with van der Waals surface area (Å²) in [5.74, 6) is -0.250. The zero-order valence-corrected chi connectivity index (χ0v) is 16.8. The molecule has 0 radical (unpaired) electrons. The van der Waals surface area contributed by atoms with E-state index in [4.69, 9.17) is 4.74 Å². The zero-order chi connectivity index (χ0) is 21.3. The molecule has 1 fully saturated rings. The van der Waals surface area contributed by atoms with Crippen molar-refractivity contribution in [3.8, 4) is 17.1 Å². The topological polar surface area (TPSA) is 91.3 Å². The van der Waals surface area contributed by atoms with Crippen molar-refractivity contribution in [1.29, 1.82) is 0 Å². The van der Waals surface area contributed by atoms with Crippen LogP contribution in [0.15, 0.2) is 48.8 Å². The lowest BCUT2D eigenvalue weighted by atomic mass is 9.66. The number of hydrogen-bond acceptors (Lipinski definition) is 5. The predicted octanol–water partition coefficient (Wildman–Crippen LogP) is 2.88. The fourth-order valence-corrected chi connectivity index (χ4v) is 3.72. The van der Waals surface area contributed by atoms with Gasteiger partial charge in [-0.2, -0.15) is 5.10 Å². The molecule has 1 amide bonds. The summed E-state index contributed by atoms with van der Waals surface area (Å²) in [6, 6.07) is 9.99. The first-order valence-corrected chi connectivity index (χ1v) is 9.67. The number of halogens is 1. The van der Waals surface area contributed by atoms with Crippen LogP contribution in [0.3, 0.4) is 0 Å². The Morgan fingerprint density at radius 3 is 2.73 bits per heavy atom. The third-order valence-electron chi connectivity index (χ3n) is 5.41. The lowest BCUT2D eigenvalue weighted by Gasteiger charge is -2.44. The van der Waals surface area contributed by atoms with Crippen LogP contribution >= 0.6 is 0 Å². The van der Waals surface area contributed by atoms with Crippen LogP contribution in [-0.4, -0.2) is 45.2 Å². The normalized spacial score (nSPS) is 20.5. The van der Waals surface area contributed by atoms with Crippen molar-refractivity contribution < 1.29 is 19.0 Å². The van der Waals surface area contributed by atoms with E-state index in [-0.39, 0.29) is 36.8 Å². The highest BCUT2D eigenvalue weighted by Crippen LogP contribution is 2.47. The molecule has 3 aromatic rings. The second-order valence-corrected chi connectivity index (χ2v) is 7.82. The summed E-state index contributed by atoms with van der Waals surface area (Å²) >= 11 is 0. The lowest BCUT2D eigenvalue weighted by Crippen LogP contribution is -2.48. The monoisotopic (exact) mass is 410 g/mol. The molecule has 30 heavy (non-hydrogen) atoms. The molecule has 0 bridgehead atoms. The molecule has 1 aromatic carbocycles. The van der Waals surface area contributed by atoms with E-state index < -0.39 is 11.4 Å². The second kappa shape index (κ2) is 7.87. The number of ether oxygens (including phenoxy) is 1. The van der Waals surface area contributed by atoms with Gasteiger partial charge < -0.3 is 14.7 Å². The van der Waals surface area contributed by atoms with Gasteiger partial charge >= 0.3 is 0 Å². The molecule has 2 heterocycles. The van der Waals surface area contributed by atoms with Gasteiger partial charge in [0.1, 0.15) is 18.2 Å². The maximum atomic E-state index is 14.4. The van der Waals surface area contributed by atoms with E-state index in [9.17, 15) is 14.3 Å². The number of H-pyrrole nitrogens is 1. The van der Waals surface area contributed by atoms with Gasteiger partial charge in [0.15, 0.2) is 0 Å². The Morgan fingerprint density at radius 1 is 1.30 bits per heavy atom. The molecule has 1 saturated carbocycles. The number of benzene rings is 1. The number of aliphatic hydroxyl groups is 1. The highest BCUT2D eigenvalue weighted by atomic mass is 19.1. The van der Waals surface area contributed by atoms with Crippen LogP contribution in [0, 0.1) is 11.7 Å². The van der Waals surface area contributed by atoms with Crippen LogP contribution in [0.25, 0.3) is 11.4 Å². The highest BCUT2D eigenvalue weighted by molar-refractivity contribution is 5.79. The summed E-state index contributed by atoms with van der Waals surface area (Å²) in [5, 5.41) is 17.6. The van der Waals surface area contributed by atoms with Gasteiger partial charge in [0.2, 0.25) is 5.91 Å². The molecule has 0 atom stereocenters. The average molecular weight is 410 g/mol. The quantitative estimate of drug-likeness (QED) is 0.652. The Labute approximate surface area is 173 Å². The maximum absolute atomic E-state index is 14.4. The molecule has 7 nitrogen and oxygen atoms in total. The van der Waals surface area contributed by atoms with Gasteiger partial charge in [0.25, 0.3) is 0 Å². The van der Waals surface area contributed by atoms with Crippen molar-refractivity contribution in [2.45, 2.75) is 25.0 Å². The molecule has 4 rings (SSSR count). The molecule has 0 saturated heterocycles. The SMILES string of the molecule is CN(C)C(=O)C1CC(O)(c2cc(COc3ccc(-c4ccn[nH]4)nc3)ccc2F)C1. The number of carbonyl (C=O) groups is 1. The first-order chi connectivity index (χ1) is 14.4. The molecule has 1 aliphatic carbocycles. The molecular formula is C22H23FN4O3. The van der Waals surface area contributed by atoms with Crippen LogP contribution in [-0.2, 0) is 17.0 Å². The second-order valence-electron chi connectivity index (χ2n) is 7.82. The van der Waals surface area contributed by atoms with Crippen LogP contribution in [0.4, 0.5) is 4.39 Å². The Hall–Kier alpha value is -3.26. The Morgan fingerprint density at radius 2 is 2.10 bits per heavy atom. The van der Waals surface area contributed by atoms with Gasteiger partial charge in [-0.1, -0.05) is 6.07 Å². The number of carbonyl (C=O) groups excluding carboxylic acids is 1. The number of amides is 1. The van der Waals surface area contributed by atoms with Crippen molar-refractivity contribution >= 4 is 5.91 Å². The van der Waals surface area contributed by atoms with E-state index in [0.717, 1.165) is 17.0 Å². The van der Waals surface area contributed by atoms with Crippen molar-refractivity contribution in [2.24, 2.45) is 5.92 Å². The van der Waals surface area contributed by atoms with Crippen LogP contribution in [0.1, 0.15) is 24.0 Å². The molecule has 2 N–H and O–H groups in total. The Balaban J connectivity index is 1.42. The smallest absolute Gasteiger partial charge is 0.225 e. The van der Waals surface area contributed by atoms with Gasteiger partial charge in [0.05, 0.1) is 23.2 Å². The molecule has 0 spiro atoms. The molecule has 1 aliphatic rings. The van der Waals surface area contributed by atoms with E-state index in [0.29, 0.717) is 5.75 Å². The Kier molecular flexibility index (Phi) is 5.26. The van der Waals surface area contributed by atoms with E-state index in [2.05, 4.69) is 15.2 Å². The summed E-state index contributed by atoms with van der Waals surface area (Å²) in [4.78, 5) is 17.9. The van der Waals surface area contributed by atoms with Crippen molar-refractivity contribution in [2.75, 3.05) is 14.1 Å². The van der Waals surface area contributed by atoms with Gasteiger partial charge in [-0.15, -0.1) is 0 Å². The van der Waals surface area contributed by atoms with E-state index in [1.165, 1.54) is 11.0 Å². The van der Waals surface area contributed by atoms with E-state index in [1.54, 1.807) is 44.7 Å².